The molecular weight excluding hydrogens is 266 g/mol. The van der Waals surface area contributed by atoms with Gasteiger partial charge in [-0.2, -0.15) is 8.78 Å². The van der Waals surface area contributed by atoms with Gasteiger partial charge in [0.1, 0.15) is 11.5 Å². The summed E-state index contributed by atoms with van der Waals surface area (Å²) in [6.07, 6.45) is 1.67. The fourth-order valence-corrected chi connectivity index (χ4v) is 1.72. The predicted molar refractivity (Wildman–Crippen MR) is 69.6 cm³/mol. The first-order valence-electron chi connectivity index (χ1n) is 6.24. The van der Waals surface area contributed by atoms with Crippen LogP contribution >= 0.6 is 0 Å². The summed E-state index contributed by atoms with van der Waals surface area (Å²) in [5, 5.41) is 3.24. The number of hydrogen-bond donors (Lipinski definition) is 1. The number of benzene rings is 1. The largest absolute Gasteiger partial charge is 0.444 e. The Balaban J connectivity index is 1.87. The number of nitrogens with one attached hydrogen (secondary N) is 1. The number of oxazole rings is 1. The monoisotopic (exact) mass is 282 g/mol. The molecule has 1 aromatic carbocycles. The van der Waals surface area contributed by atoms with Crippen LogP contribution in [-0.2, 0) is 6.54 Å². The Morgan fingerprint density at radius 3 is 2.55 bits per heavy atom. The first kappa shape index (κ1) is 14.5. The normalized spacial score (nSPS) is 12.7. The highest BCUT2D eigenvalue weighted by molar-refractivity contribution is 5.27. The predicted octanol–water partition coefficient (Wildman–Crippen LogP) is 3.44. The van der Waals surface area contributed by atoms with E-state index in [4.69, 9.17) is 4.42 Å². The van der Waals surface area contributed by atoms with Crippen LogP contribution in [0.5, 0.6) is 5.75 Å². The van der Waals surface area contributed by atoms with E-state index < -0.39 is 6.61 Å². The van der Waals surface area contributed by atoms with Gasteiger partial charge in [-0.1, -0.05) is 12.1 Å². The maximum Gasteiger partial charge on any atom is 0.387 e. The highest BCUT2D eigenvalue weighted by Gasteiger charge is 2.10. The minimum atomic E-state index is -2.80. The van der Waals surface area contributed by atoms with Crippen LogP contribution < -0.4 is 10.1 Å². The molecule has 0 radical (unpaired) electrons. The third-order valence-corrected chi connectivity index (χ3v) is 2.77. The molecule has 0 saturated heterocycles. The molecule has 0 aliphatic heterocycles. The smallest absolute Gasteiger partial charge is 0.387 e. The molecule has 1 unspecified atom stereocenters. The second kappa shape index (κ2) is 6.47. The first-order chi connectivity index (χ1) is 9.54. The van der Waals surface area contributed by atoms with Crippen molar-refractivity contribution in [1.29, 1.82) is 0 Å². The molecule has 0 fully saturated rings. The van der Waals surface area contributed by atoms with Gasteiger partial charge >= 0.3 is 6.61 Å². The van der Waals surface area contributed by atoms with Crippen molar-refractivity contribution in [2.75, 3.05) is 0 Å². The summed E-state index contributed by atoms with van der Waals surface area (Å²) >= 11 is 0. The van der Waals surface area contributed by atoms with Gasteiger partial charge in [0.05, 0.1) is 12.2 Å². The molecule has 1 N–H and O–H groups in total. The third kappa shape index (κ3) is 4.03. The van der Waals surface area contributed by atoms with E-state index in [2.05, 4.69) is 15.0 Å². The van der Waals surface area contributed by atoms with E-state index in [9.17, 15) is 8.78 Å². The molecule has 1 aromatic heterocycles. The molecule has 20 heavy (non-hydrogen) atoms. The number of rotatable bonds is 6. The minimum absolute atomic E-state index is 0.0271. The van der Waals surface area contributed by atoms with Gasteiger partial charge in [-0.3, -0.25) is 0 Å². The first-order valence-corrected chi connectivity index (χ1v) is 6.24. The number of halogens is 2. The Hall–Kier alpha value is -1.95. The Bertz CT molecular complexity index is 540. The van der Waals surface area contributed by atoms with Gasteiger partial charge in [0.15, 0.2) is 0 Å². The maximum atomic E-state index is 12.0. The quantitative estimate of drug-likeness (QED) is 0.881. The zero-order valence-electron chi connectivity index (χ0n) is 11.3. The molecule has 2 aromatic rings. The molecule has 0 aliphatic carbocycles. The summed E-state index contributed by atoms with van der Waals surface area (Å²) in [6.45, 7) is 1.56. The molecule has 2 rings (SSSR count). The summed E-state index contributed by atoms with van der Waals surface area (Å²) in [6, 6.07) is 6.48. The highest BCUT2D eigenvalue weighted by Crippen LogP contribution is 2.16. The lowest BCUT2D eigenvalue weighted by atomic mass is 10.2. The Labute approximate surface area is 115 Å². The Morgan fingerprint density at radius 2 is 2.00 bits per heavy atom. The summed E-state index contributed by atoms with van der Waals surface area (Å²) in [4.78, 5) is 4.14. The molecule has 0 aliphatic rings. The average Bonchev–Trinajstić information content (AvgIpc) is 2.84. The van der Waals surface area contributed by atoms with Crippen molar-refractivity contribution < 1.29 is 17.9 Å². The van der Waals surface area contributed by atoms with Gasteiger partial charge in [-0.25, -0.2) is 4.98 Å². The molecule has 0 saturated carbocycles. The summed E-state index contributed by atoms with van der Waals surface area (Å²) < 4.78 is 33.7. The number of nitrogens with zero attached hydrogens (tertiary/aromatic N) is 1. The SMILES string of the molecule is Cc1cnc(C(C)NCc2ccc(OC(F)F)cc2)o1. The molecule has 0 spiro atoms. The lowest BCUT2D eigenvalue weighted by molar-refractivity contribution is -0.0498. The van der Waals surface area contributed by atoms with E-state index in [0.717, 1.165) is 11.3 Å². The molecule has 0 amide bonds. The number of ether oxygens (including phenoxy) is 1. The minimum Gasteiger partial charge on any atom is -0.444 e. The lowest BCUT2D eigenvalue weighted by Crippen LogP contribution is -2.18. The standard InChI is InChI=1S/C14H16F2N2O2/c1-9-7-18-13(19-9)10(2)17-8-11-3-5-12(6-4-11)20-14(15)16/h3-7,10,14,17H,8H2,1-2H3. The van der Waals surface area contributed by atoms with E-state index in [1.165, 1.54) is 12.1 Å². The van der Waals surface area contributed by atoms with E-state index >= 15 is 0 Å². The van der Waals surface area contributed by atoms with Gasteiger partial charge < -0.3 is 14.5 Å². The van der Waals surface area contributed by atoms with Gasteiger partial charge in [-0.05, 0) is 31.5 Å². The number of alkyl halides is 2. The third-order valence-electron chi connectivity index (χ3n) is 2.77. The van der Waals surface area contributed by atoms with Gasteiger partial charge in [0.25, 0.3) is 0 Å². The van der Waals surface area contributed by atoms with E-state index in [0.29, 0.717) is 12.4 Å². The molecule has 1 atom stereocenters. The van der Waals surface area contributed by atoms with Crippen molar-refractivity contribution in [3.05, 3.63) is 47.7 Å². The topological polar surface area (TPSA) is 47.3 Å². The molecular formula is C14H16F2N2O2. The maximum absolute atomic E-state index is 12.0. The van der Waals surface area contributed by atoms with Crippen LogP contribution in [0.4, 0.5) is 8.78 Å². The van der Waals surface area contributed by atoms with Crippen LogP contribution in [0.1, 0.15) is 30.2 Å². The molecule has 1 heterocycles. The summed E-state index contributed by atoms with van der Waals surface area (Å²) in [5.74, 6) is 1.54. The zero-order valence-corrected chi connectivity index (χ0v) is 11.3. The van der Waals surface area contributed by atoms with Crippen LogP contribution in [0.25, 0.3) is 0 Å². The zero-order chi connectivity index (χ0) is 14.5. The van der Waals surface area contributed by atoms with Gasteiger partial charge in [-0.15, -0.1) is 0 Å². The summed E-state index contributed by atoms with van der Waals surface area (Å²) in [7, 11) is 0. The molecule has 6 heteroatoms. The lowest BCUT2D eigenvalue weighted by Gasteiger charge is -2.11. The van der Waals surface area contributed by atoms with Crippen LogP contribution in [0.15, 0.2) is 34.9 Å². The second-order valence-electron chi connectivity index (χ2n) is 4.43. The van der Waals surface area contributed by atoms with Crippen LogP contribution in [0.2, 0.25) is 0 Å². The van der Waals surface area contributed by atoms with E-state index in [1.807, 2.05) is 13.8 Å². The number of aryl methyl sites for hydroxylation is 1. The highest BCUT2D eigenvalue weighted by atomic mass is 19.3. The fraction of sp³-hybridized carbons (Fsp3) is 0.357. The fourth-order valence-electron chi connectivity index (χ4n) is 1.72. The second-order valence-corrected chi connectivity index (χ2v) is 4.43. The average molecular weight is 282 g/mol. The van der Waals surface area contributed by atoms with Crippen molar-refractivity contribution in [3.63, 3.8) is 0 Å². The molecule has 4 nitrogen and oxygen atoms in total. The van der Waals surface area contributed by atoms with Crippen LogP contribution in [-0.4, -0.2) is 11.6 Å². The Kier molecular flexibility index (Phi) is 4.68. The summed E-state index contributed by atoms with van der Waals surface area (Å²) in [5.41, 5.74) is 0.960. The number of aromatic nitrogens is 1. The van der Waals surface area contributed by atoms with E-state index in [-0.39, 0.29) is 11.8 Å². The van der Waals surface area contributed by atoms with Crippen molar-refractivity contribution in [1.82, 2.24) is 10.3 Å². The van der Waals surface area contributed by atoms with Crippen LogP contribution in [0, 0.1) is 6.92 Å². The van der Waals surface area contributed by atoms with Crippen molar-refractivity contribution >= 4 is 0 Å². The van der Waals surface area contributed by atoms with Crippen LogP contribution in [0.3, 0.4) is 0 Å². The van der Waals surface area contributed by atoms with Crippen molar-refractivity contribution in [2.24, 2.45) is 0 Å². The Morgan fingerprint density at radius 1 is 1.30 bits per heavy atom. The van der Waals surface area contributed by atoms with Crippen molar-refractivity contribution in [3.8, 4) is 5.75 Å². The van der Waals surface area contributed by atoms with E-state index in [1.54, 1.807) is 18.3 Å². The number of hydrogen-bond acceptors (Lipinski definition) is 4. The van der Waals surface area contributed by atoms with Gasteiger partial charge in [0.2, 0.25) is 5.89 Å². The van der Waals surface area contributed by atoms with Gasteiger partial charge in [0, 0.05) is 6.54 Å². The molecule has 108 valence electrons. The molecule has 0 bridgehead atoms. The van der Waals surface area contributed by atoms with Crippen molar-refractivity contribution in [2.45, 2.75) is 33.0 Å².